The molecule has 0 aliphatic heterocycles. The van der Waals surface area contributed by atoms with Crippen molar-refractivity contribution in [1.29, 1.82) is 0 Å². The van der Waals surface area contributed by atoms with E-state index in [9.17, 15) is 19.8 Å². The number of unbranched alkanes of at least 4 members (excludes halogenated alkanes) is 2. The van der Waals surface area contributed by atoms with E-state index >= 15 is 0 Å². The van der Waals surface area contributed by atoms with E-state index in [1.807, 2.05) is 32.1 Å². The molecule has 160 valence electrons. The van der Waals surface area contributed by atoms with Crippen molar-refractivity contribution in [3.63, 3.8) is 0 Å². The number of ether oxygens (including phenoxy) is 1. The maximum absolute atomic E-state index is 12.3. The van der Waals surface area contributed by atoms with Crippen molar-refractivity contribution < 1.29 is 24.5 Å². The SMILES string of the molecule is CCCCC(C)(C)[C@H](O)/C=C/C1[C@H](O)CC(=O)[C@@H]1C/C=C\CCCC(=O)OC. The van der Waals surface area contributed by atoms with Gasteiger partial charge in [0, 0.05) is 24.7 Å². The average molecular weight is 395 g/mol. The second-order valence-electron chi connectivity index (χ2n) is 8.52. The quantitative estimate of drug-likeness (QED) is 0.297. The van der Waals surface area contributed by atoms with E-state index in [-0.39, 0.29) is 35.4 Å². The van der Waals surface area contributed by atoms with Gasteiger partial charge in [0.1, 0.15) is 5.78 Å². The highest BCUT2D eigenvalue weighted by Gasteiger charge is 2.39. The lowest BCUT2D eigenvalue weighted by Gasteiger charge is -2.29. The van der Waals surface area contributed by atoms with Crippen molar-refractivity contribution in [2.45, 2.75) is 84.3 Å². The van der Waals surface area contributed by atoms with Gasteiger partial charge in [-0.3, -0.25) is 9.59 Å². The minimum absolute atomic E-state index is 0.0705. The molecule has 0 amide bonds. The zero-order valence-electron chi connectivity index (χ0n) is 17.9. The molecule has 5 nitrogen and oxygen atoms in total. The van der Waals surface area contributed by atoms with E-state index in [2.05, 4.69) is 11.7 Å². The molecule has 0 aromatic heterocycles. The van der Waals surface area contributed by atoms with Crippen LogP contribution in [0.2, 0.25) is 0 Å². The van der Waals surface area contributed by atoms with Crippen molar-refractivity contribution >= 4 is 11.8 Å². The fourth-order valence-corrected chi connectivity index (χ4v) is 3.63. The van der Waals surface area contributed by atoms with E-state index in [1.165, 1.54) is 7.11 Å². The van der Waals surface area contributed by atoms with E-state index < -0.39 is 12.2 Å². The van der Waals surface area contributed by atoms with Gasteiger partial charge in [0.05, 0.1) is 19.3 Å². The first-order valence-corrected chi connectivity index (χ1v) is 10.5. The number of hydrogen-bond donors (Lipinski definition) is 2. The van der Waals surface area contributed by atoms with Crippen molar-refractivity contribution in [3.05, 3.63) is 24.3 Å². The molecule has 0 bridgehead atoms. The van der Waals surface area contributed by atoms with Gasteiger partial charge < -0.3 is 14.9 Å². The highest BCUT2D eigenvalue weighted by molar-refractivity contribution is 5.84. The molecule has 0 radical (unpaired) electrons. The van der Waals surface area contributed by atoms with Gasteiger partial charge >= 0.3 is 5.97 Å². The Hall–Kier alpha value is -1.46. The van der Waals surface area contributed by atoms with Gasteiger partial charge in [-0.15, -0.1) is 0 Å². The van der Waals surface area contributed by atoms with Crippen LogP contribution in [0.3, 0.4) is 0 Å². The van der Waals surface area contributed by atoms with Crippen LogP contribution < -0.4 is 0 Å². The summed E-state index contributed by atoms with van der Waals surface area (Å²) in [5.74, 6) is -0.660. The molecule has 1 aliphatic carbocycles. The number of rotatable bonds is 12. The maximum atomic E-state index is 12.3. The summed E-state index contributed by atoms with van der Waals surface area (Å²) < 4.78 is 4.61. The Morgan fingerprint density at radius 1 is 1.32 bits per heavy atom. The van der Waals surface area contributed by atoms with Gasteiger partial charge in [0.25, 0.3) is 0 Å². The predicted octanol–water partition coefficient (Wildman–Crippen LogP) is 3.98. The lowest BCUT2D eigenvalue weighted by Crippen LogP contribution is -2.28. The number of aliphatic hydroxyl groups is 2. The average Bonchev–Trinajstić information content (AvgIpc) is 2.93. The molecule has 1 fully saturated rings. The van der Waals surface area contributed by atoms with Crippen molar-refractivity contribution in [3.8, 4) is 0 Å². The zero-order valence-corrected chi connectivity index (χ0v) is 17.9. The molecule has 1 aliphatic rings. The van der Waals surface area contributed by atoms with Crippen LogP contribution in [0.15, 0.2) is 24.3 Å². The molecular formula is C23H38O5. The molecule has 0 aromatic carbocycles. The number of carbonyl (C=O) groups excluding carboxylic acids is 2. The molecule has 1 saturated carbocycles. The summed E-state index contributed by atoms with van der Waals surface area (Å²) in [6.07, 6.45) is 11.9. The second kappa shape index (κ2) is 12.2. The summed E-state index contributed by atoms with van der Waals surface area (Å²) in [4.78, 5) is 23.4. The Balaban J connectivity index is 2.60. The maximum Gasteiger partial charge on any atom is 0.305 e. The van der Waals surface area contributed by atoms with E-state index in [0.29, 0.717) is 19.3 Å². The first-order valence-electron chi connectivity index (χ1n) is 10.5. The summed E-state index contributed by atoms with van der Waals surface area (Å²) in [5, 5.41) is 20.8. The topological polar surface area (TPSA) is 83.8 Å². The molecule has 1 rings (SSSR count). The van der Waals surface area contributed by atoms with E-state index in [0.717, 1.165) is 25.7 Å². The first kappa shape index (κ1) is 24.6. The monoisotopic (exact) mass is 394 g/mol. The number of esters is 1. The minimum atomic E-state index is -0.688. The Kier molecular flexibility index (Phi) is 10.7. The standard InChI is InChI=1S/C23H38O5/c1-5-6-15-23(2,3)21(26)14-13-18-17(19(24)16-20(18)25)11-9-7-8-10-12-22(27)28-4/h7,9,13-14,17-18,20-21,25-26H,5-6,8,10-12,15-16H2,1-4H3/b9-7-,14-13+/t17-,18?,20-,21-/m1/s1. The largest absolute Gasteiger partial charge is 0.469 e. The van der Waals surface area contributed by atoms with Crippen LogP contribution in [0.25, 0.3) is 0 Å². The fraction of sp³-hybridized carbons (Fsp3) is 0.739. The number of allylic oxidation sites excluding steroid dienone is 2. The summed E-state index contributed by atoms with van der Waals surface area (Å²) in [7, 11) is 1.38. The summed E-state index contributed by atoms with van der Waals surface area (Å²) in [6.45, 7) is 6.22. The second-order valence-corrected chi connectivity index (χ2v) is 8.52. The van der Waals surface area contributed by atoms with Crippen LogP contribution in [0.5, 0.6) is 0 Å². The van der Waals surface area contributed by atoms with Gasteiger partial charge in [0.2, 0.25) is 0 Å². The van der Waals surface area contributed by atoms with Gasteiger partial charge in [0.15, 0.2) is 0 Å². The molecule has 0 aromatic rings. The summed E-state index contributed by atoms with van der Waals surface area (Å²) in [5.41, 5.74) is -0.227. The molecule has 0 heterocycles. The minimum Gasteiger partial charge on any atom is -0.469 e. The van der Waals surface area contributed by atoms with Gasteiger partial charge in [-0.1, -0.05) is 57.9 Å². The summed E-state index contributed by atoms with van der Waals surface area (Å²) in [6, 6.07) is 0. The van der Waals surface area contributed by atoms with Crippen LogP contribution in [-0.2, 0) is 14.3 Å². The smallest absolute Gasteiger partial charge is 0.305 e. The third-order valence-corrected chi connectivity index (χ3v) is 5.76. The third-order valence-electron chi connectivity index (χ3n) is 5.76. The van der Waals surface area contributed by atoms with Crippen LogP contribution in [-0.4, -0.2) is 41.3 Å². The lowest BCUT2D eigenvalue weighted by atomic mass is 9.80. The molecule has 0 spiro atoms. The Morgan fingerprint density at radius 2 is 2.04 bits per heavy atom. The molecule has 5 heteroatoms. The zero-order chi connectivity index (χ0) is 21.2. The fourth-order valence-electron chi connectivity index (χ4n) is 3.63. The van der Waals surface area contributed by atoms with Crippen LogP contribution in [0.4, 0.5) is 0 Å². The molecule has 28 heavy (non-hydrogen) atoms. The number of methoxy groups -OCH3 is 1. The van der Waals surface area contributed by atoms with Gasteiger partial charge in [-0.25, -0.2) is 0 Å². The first-order chi connectivity index (χ1) is 13.2. The Labute approximate surface area is 169 Å². The van der Waals surface area contributed by atoms with Crippen LogP contribution in [0.1, 0.15) is 72.1 Å². The van der Waals surface area contributed by atoms with Crippen LogP contribution in [0, 0.1) is 17.3 Å². The molecule has 1 unspecified atom stereocenters. The van der Waals surface area contributed by atoms with Crippen LogP contribution >= 0.6 is 0 Å². The lowest BCUT2D eigenvalue weighted by molar-refractivity contribution is -0.140. The summed E-state index contributed by atoms with van der Waals surface area (Å²) >= 11 is 0. The third kappa shape index (κ3) is 7.88. The highest BCUT2D eigenvalue weighted by atomic mass is 16.5. The van der Waals surface area contributed by atoms with Gasteiger partial charge in [-0.2, -0.15) is 0 Å². The molecule has 2 N–H and O–H groups in total. The predicted molar refractivity (Wildman–Crippen MR) is 111 cm³/mol. The van der Waals surface area contributed by atoms with Gasteiger partial charge in [-0.05, 0) is 31.1 Å². The number of Topliss-reactive ketones (excluding diaryl/α,β-unsaturated/α-hetero) is 1. The normalized spacial score (nSPS) is 24.4. The van der Waals surface area contributed by atoms with E-state index in [1.54, 1.807) is 6.08 Å². The number of ketones is 1. The van der Waals surface area contributed by atoms with Crippen molar-refractivity contribution in [2.75, 3.05) is 7.11 Å². The number of hydrogen-bond acceptors (Lipinski definition) is 5. The van der Waals surface area contributed by atoms with Crippen molar-refractivity contribution in [1.82, 2.24) is 0 Å². The highest BCUT2D eigenvalue weighted by Crippen LogP contribution is 2.35. The Morgan fingerprint density at radius 3 is 2.68 bits per heavy atom. The Bertz CT molecular complexity index is 549. The van der Waals surface area contributed by atoms with Crippen molar-refractivity contribution in [2.24, 2.45) is 17.3 Å². The molecular weight excluding hydrogens is 356 g/mol. The number of carbonyl (C=O) groups is 2. The molecule has 4 atom stereocenters. The number of aliphatic hydroxyl groups excluding tert-OH is 2. The van der Waals surface area contributed by atoms with E-state index in [4.69, 9.17) is 0 Å². The molecule has 0 saturated heterocycles.